The van der Waals surface area contributed by atoms with Crippen molar-refractivity contribution in [3.63, 3.8) is 0 Å². The van der Waals surface area contributed by atoms with Crippen LogP contribution in [0.5, 0.6) is 5.88 Å². The molecule has 2 N–H and O–H groups in total. The molecule has 0 atom stereocenters. The highest BCUT2D eigenvalue weighted by atomic mass is 16.5. The van der Waals surface area contributed by atoms with Crippen molar-refractivity contribution in [3.8, 4) is 5.88 Å². The van der Waals surface area contributed by atoms with E-state index in [2.05, 4.69) is 9.72 Å². The summed E-state index contributed by atoms with van der Waals surface area (Å²) in [6, 6.07) is 3.11. The minimum atomic E-state index is -0.521. The van der Waals surface area contributed by atoms with Crippen LogP contribution in [0.15, 0.2) is 18.3 Å². The first kappa shape index (κ1) is 8.52. The maximum absolute atomic E-state index is 11.1. The topological polar surface area (TPSA) is 60.7 Å². The Balaban J connectivity index is 2.87. The molecular weight excluding hydrogens is 158 g/mol. The quantitative estimate of drug-likeness (QED) is 0.649. The third kappa shape index (κ3) is 1.72. The summed E-state index contributed by atoms with van der Waals surface area (Å²) in [4.78, 5) is 13.6. The maximum Gasteiger partial charge on any atom is 0.378 e. The molecule has 1 aromatic heterocycles. The van der Waals surface area contributed by atoms with E-state index in [0.717, 1.165) is 0 Å². The number of hydrogen-bond donors (Lipinski definition) is 1. The van der Waals surface area contributed by atoms with Gasteiger partial charge in [0.25, 0.3) is 0 Å². The van der Waals surface area contributed by atoms with Crippen molar-refractivity contribution in [2.75, 3.05) is 6.61 Å². The van der Waals surface area contributed by atoms with E-state index in [1.807, 2.05) is 0 Å². The first-order chi connectivity index (χ1) is 5.75. The highest BCUT2D eigenvalue weighted by molar-refractivity contribution is 5.91. The lowest BCUT2D eigenvalue weighted by Crippen LogP contribution is -2.11. The molecule has 0 unspecified atom stereocenters. The summed E-state index contributed by atoms with van der Waals surface area (Å²) in [5.41, 5.74) is 0.152. The number of aromatic hydroxyl groups is 1. The van der Waals surface area contributed by atoms with Crippen molar-refractivity contribution in [2.45, 2.75) is 6.92 Å². The monoisotopic (exact) mass is 168 g/mol. The number of rotatable bonds is 2. The summed E-state index contributed by atoms with van der Waals surface area (Å²) in [7, 11) is 0. The van der Waals surface area contributed by atoms with Crippen LogP contribution in [0.1, 0.15) is 17.3 Å². The standard InChI is InChI=1S/C8H9NO3/c1-2-12-8(11)6-4-3-5-9-7(6)10/h3-5H,2H2,1H3,(H,9,10)/p+1. The molecule has 4 nitrogen and oxygen atoms in total. The van der Waals surface area contributed by atoms with Crippen LogP contribution in [0.25, 0.3) is 0 Å². The van der Waals surface area contributed by atoms with Gasteiger partial charge >= 0.3 is 11.8 Å². The van der Waals surface area contributed by atoms with Gasteiger partial charge in [-0.05, 0) is 13.0 Å². The predicted molar refractivity (Wildman–Crippen MR) is 40.6 cm³/mol. The minimum Gasteiger partial charge on any atom is -0.462 e. The number of carbonyl (C=O) groups is 1. The molecule has 0 aromatic carbocycles. The second-order valence-corrected chi connectivity index (χ2v) is 2.15. The van der Waals surface area contributed by atoms with Crippen LogP contribution in [0, 0.1) is 0 Å². The van der Waals surface area contributed by atoms with Crippen LogP contribution in [0.4, 0.5) is 0 Å². The molecule has 0 saturated carbocycles. The lowest BCUT2D eigenvalue weighted by atomic mass is 10.3. The number of nitrogens with one attached hydrogen (secondary N) is 1. The summed E-state index contributed by atoms with van der Waals surface area (Å²) in [5, 5.41) is 9.15. The normalized spacial score (nSPS) is 9.42. The molecule has 0 aliphatic heterocycles. The van der Waals surface area contributed by atoms with E-state index in [0.29, 0.717) is 6.61 Å². The first-order valence-corrected chi connectivity index (χ1v) is 3.62. The van der Waals surface area contributed by atoms with E-state index < -0.39 is 5.97 Å². The van der Waals surface area contributed by atoms with E-state index in [-0.39, 0.29) is 11.4 Å². The number of H-pyrrole nitrogens is 1. The van der Waals surface area contributed by atoms with Gasteiger partial charge in [0.2, 0.25) is 0 Å². The molecule has 0 fully saturated rings. The van der Waals surface area contributed by atoms with Gasteiger partial charge in [-0.25, -0.2) is 4.79 Å². The third-order valence-corrected chi connectivity index (χ3v) is 1.33. The van der Waals surface area contributed by atoms with Gasteiger partial charge in [-0.2, -0.15) is 4.98 Å². The Morgan fingerprint density at radius 3 is 3.08 bits per heavy atom. The molecule has 4 heteroatoms. The van der Waals surface area contributed by atoms with Gasteiger partial charge in [0.05, 0.1) is 6.61 Å². The van der Waals surface area contributed by atoms with E-state index in [4.69, 9.17) is 5.11 Å². The van der Waals surface area contributed by atoms with Crippen LogP contribution in [-0.2, 0) is 4.74 Å². The molecule has 0 radical (unpaired) electrons. The molecule has 0 saturated heterocycles. The van der Waals surface area contributed by atoms with Crippen LogP contribution < -0.4 is 4.98 Å². The van der Waals surface area contributed by atoms with Gasteiger partial charge in [0.1, 0.15) is 0 Å². The fraction of sp³-hybridized carbons (Fsp3) is 0.250. The minimum absolute atomic E-state index is 0.152. The van der Waals surface area contributed by atoms with Crippen molar-refractivity contribution in [2.24, 2.45) is 0 Å². The van der Waals surface area contributed by atoms with Crippen LogP contribution in [-0.4, -0.2) is 17.7 Å². The van der Waals surface area contributed by atoms with Gasteiger partial charge in [0, 0.05) is 6.07 Å². The SMILES string of the molecule is CCOC(=O)c1ccc[nH+]c1O. The number of esters is 1. The molecule has 0 aliphatic rings. The van der Waals surface area contributed by atoms with Gasteiger partial charge in [0.15, 0.2) is 11.8 Å². The Morgan fingerprint density at radius 1 is 1.75 bits per heavy atom. The average Bonchev–Trinajstić information content (AvgIpc) is 2.05. The molecule has 0 aliphatic carbocycles. The highest BCUT2D eigenvalue weighted by Gasteiger charge is 2.15. The number of aromatic amines is 1. The van der Waals surface area contributed by atoms with Crippen molar-refractivity contribution in [3.05, 3.63) is 23.9 Å². The molecule has 64 valence electrons. The van der Waals surface area contributed by atoms with Crippen LogP contribution in [0.2, 0.25) is 0 Å². The fourth-order valence-electron chi connectivity index (χ4n) is 0.802. The summed E-state index contributed by atoms with van der Waals surface area (Å²) in [5.74, 6) is -0.692. The predicted octanol–water partition coefficient (Wildman–Crippen LogP) is 0.383. The van der Waals surface area contributed by atoms with Crippen LogP contribution in [0.3, 0.4) is 0 Å². The molecule has 0 bridgehead atoms. The summed E-state index contributed by atoms with van der Waals surface area (Å²) in [6.45, 7) is 2.01. The van der Waals surface area contributed by atoms with E-state index in [1.165, 1.54) is 12.3 Å². The number of hydrogen-bond acceptors (Lipinski definition) is 3. The molecule has 1 heterocycles. The Bertz CT molecular complexity index is 285. The largest absolute Gasteiger partial charge is 0.462 e. The van der Waals surface area contributed by atoms with Crippen molar-refractivity contribution in [1.82, 2.24) is 0 Å². The molecular formula is C8H10NO3+. The smallest absolute Gasteiger partial charge is 0.378 e. The first-order valence-electron chi connectivity index (χ1n) is 3.62. The average molecular weight is 168 g/mol. The fourth-order valence-corrected chi connectivity index (χ4v) is 0.802. The Hall–Kier alpha value is -1.58. The summed E-state index contributed by atoms with van der Waals surface area (Å²) < 4.78 is 4.69. The Kier molecular flexibility index (Phi) is 2.63. The van der Waals surface area contributed by atoms with Crippen LogP contribution >= 0.6 is 0 Å². The second-order valence-electron chi connectivity index (χ2n) is 2.15. The number of pyridine rings is 1. The van der Waals surface area contributed by atoms with Gasteiger partial charge < -0.3 is 9.84 Å². The zero-order valence-corrected chi connectivity index (χ0v) is 6.70. The zero-order chi connectivity index (χ0) is 8.97. The van der Waals surface area contributed by atoms with Gasteiger partial charge in [-0.1, -0.05) is 0 Å². The second kappa shape index (κ2) is 3.71. The third-order valence-electron chi connectivity index (χ3n) is 1.33. The molecule has 0 spiro atoms. The Morgan fingerprint density at radius 2 is 2.50 bits per heavy atom. The Labute approximate surface area is 69.8 Å². The molecule has 1 rings (SSSR count). The van der Waals surface area contributed by atoms with Crippen molar-refractivity contribution >= 4 is 5.97 Å². The summed E-state index contributed by atoms with van der Waals surface area (Å²) >= 11 is 0. The van der Waals surface area contributed by atoms with Crippen molar-refractivity contribution < 1.29 is 19.6 Å². The molecule has 1 aromatic rings. The van der Waals surface area contributed by atoms with E-state index in [9.17, 15) is 4.79 Å². The molecule has 0 amide bonds. The maximum atomic E-state index is 11.1. The van der Waals surface area contributed by atoms with Crippen molar-refractivity contribution in [1.29, 1.82) is 0 Å². The lowest BCUT2D eigenvalue weighted by Gasteiger charge is -1.98. The number of ether oxygens (including phenoxy) is 1. The summed E-state index contributed by atoms with van der Waals surface area (Å²) in [6.07, 6.45) is 1.53. The number of carbonyl (C=O) groups excluding carboxylic acids is 1. The number of aromatic nitrogens is 1. The lowest BCUT2D eigenvalue weighted by molar-refractivity contribution is -0.394. The van der Waals surface area contributed by atoms with E-state index in [1.54, 1.807) is 13.0 Å². The zero-order valence-electron chi connectivity index (χ0n) is 6.70. The van der Waals surface area contributed by atoms with Gasteiger partial charge in [-0.15, -0.1) is 0 Å². The molecule has 12 heavy (non-hydrogen) atoms. The van der Waals surface area contributed by atoms with Gasteiger partial charge in [-0.3, -0.25) is 0 Å². The van der Waals surface area contributed by atoms with E-state index >= 15 is 0 Å². The highest BCUT2D eigenvalue weighted by Crippen LogP contribution is 2.09.